The van der Waals surface area contributed by atoms with E-state index < -0.39 is 41.8 Å². The van der Waals surface area contributed by atoms with Crippen LogP contribution in [0.25, 0.3) is 0 Å². The number of nitrogens with zero attached hydrogens (tertiary/aromatic N) is 1. The van der Waals surface area contributed by atoms with Crippen molar-refractivity contribution >= 4 is 29.7 Å². The lowest BCUT2D eigenvalue weighted by molar-refractivity contribution is -0.142. The molecule has 0 aliphatic rings. The van der Waals surface area contributed by atoms with Crippen LogP contribution in [0.5, 0.6) is 0 Å². The molecule has 10 N–H and O–H groups in total. The number of aliphatic carboxylic acids is 1. The van der Waals surface area contributed by atoms with Crippen LogP contribution in [0.4, 0.5) is 0 Å². The molecular formula is C23H37N7O5. The van der Waals surface area contributed by atoms with Gasteiger partial charge in [0.05, 0.1) is 6.54 Å². The fourth-order valence-electron chi connectivity index (χ4n) is 3.29. The Kier molecular flexibility index (Phi) is 12.8. The monoisotopic (exact) mass is 491 g/mol. The van der Waals surface area contributed by atoms with Crippen molar-refractivity contribution < 1.29 is 24.3 Å². The Morgan fingerprint density at radius 3 is 2.20 bits per heavy atom. The van der Waals surface area contributed by atoms with E-state index >= 15 is 0 Å². The lowest BCUT2D eigenvalue weighted by Crippen LogP contribution is -2.58. The number of carboxylic acid groups (broad SMARTS) is 1. The van der Waals surface area contributed by atoms with Gasteiger partial charge in [0.15, 0.2) is 5.96 Å². The Hall–Kier alpha value is -3.67. The van der Waals surface area contributed by atoms with Gasteiger partial charge < -0.3 is 38.3 Å². The quantitative estimate of drug-likeness (QED) is 0.0898. The first-order valence-corrected chi connectivity index (χ1v) is 11.5. The zero-order valence-corrected chi connectivity index (χ0v) is 20.2. The van der Waals surface area contributed by atoms with E-state index in [2.05, 4.69) is 20.9 Å². The third-order valence-corrected chi connectivity index (χ3v) is 5.47. The van der Waals surface area contributed by atoms with Gasteiger partial charge in [-0.2, -0.15) is 0 Å². The lowest BCUT2D eigenvalue weighted by Gasteiger charge is -2.27. The molecule has 1 aromatic rings. The number of aliphatic imine (C=N–C) groups is 1. The van der Waals surface area contributed by atoms with Gasteiger partial charge in [0, 0.05) is 13.0 Å². The minimum atomic E-state index is -1.19. The molecule has 0 saturated carbocycles. The molecule has 0 aliphatic heterocycles. The molecule has 4 atom stereocenters. The van der Waals surface area contributed by atoms with Crippen LogP contribution in [0.15, 0.2) is 35.3 Å². The van der Waals surface area contributed by atoms with Crippen molar-refractivity contribution in [3.8, 4) is 0 Å². The van der Waals surface area contributed by atoms with Crippen molar-refractivity contribution in [3.63, 3.8) is 0 Å². The molecule has 0 fully saturated rings. The van der Waals surface area contributed by atoms with Gasteiger partial charge in [-0.05, 0) is 24.3 Å². The molecule has 0 heterocycles. The second-order valence-corrected chi connectivity index (χ2v) is 8.23. The number of benzene rings is 1. The summed E-state index contributed by atoms with van der Waals surface area (Å²) in [5.74, 6) is -3.34. The van der Waals surface area contributed by atoms with E-state index in [0.717, 1.165) is 5.56 Å². The van der Waals surface area contributed by atoms with Crippen molar-refractivity contribution in [2.75, 3.05) is 13.1 Å². The Morgan fingerprint density at radius 2 is 1.66 bits per heavy atom. The smallest absolute Gasteiger partial charge is 0.326 e. The van der Waals surface area contributed by atoms with Crippen molar-refractivity contribution in [3.05, 3.63) is 35.9 Å². The summed E-state index contributed by atoms with van der Waals surface area (Å²) in [5.41, 5.74) is 16.7. The summed E-state index contributed by atoms with van der Waals surface area (Å²) in [4.78, 5) is 53.6. The van der Waals surface area contributed by atoms with Crippen LogP contribution in [-0.2, 0) is 25.6 Å². The zero-order valence-electron chi connectivity index (χ0n) is 20.2. The van der Waals surface area contributed by atoms with Gasteiger partial charge in [0.2, 0.25) is 17.7 Å². The highest BCUT2D eigenvalue weighted by molar-refractivity contribution is 5.93. The molecule has 0 aliphatic carbocycles. The summed E-state index contributed by atoms with van der Waals surface area (Å²) in [6.07, 6.45) is 1.22. The molecule has 0 aromatic heterocycles. The second kappa shape index (κ2) is 15.3. The molecular weight excluding hydrogens is 454 g/mol. The summed E-state index contributed by atoms with van der Waals surface area (Å²) < 4.78 is 0. The number of carboxylic acids is 1. The number of guanidine groups is 1. The molecule has 12 heteroatoms. The fraction of sp³-hybridized carbons (Fsp3) is 0.522. The Balaban J connectivity index is 2.97. The van der Waals surface area contributed by atoms with Gasteiger partial charge in [-0.25, -0.2) is 4.79 Å². The van der Waals surface area contributed by atoms with Gasteiger partial charge in [-0.3, -0.25) is 19.4 Å². The standard InChI is InChI=1S/C23H37N7O5/c1-3-14(2)19(21(33)29-17(22(34)35)12-15-8-5-4-6-9-15)30-20(32)16(28-18(31)13-24)10-7-11-27-23(25)26/h4-6,8-9,14,16-17,19H,3,7,10-13,24H2,1-2H3,(H,28,31)(H,29,33)(H,30,32)(H,34,35)(H4,25,26,27). The van der Waals surface area contributed by atoms with Crippen LogP contribution in [0.1, 0.15) is 38.7 Å². The normalized spacial score (nSPS) is 14.0. The first kappa shape index (κ1) is 29.4. The summed E-state index contributed by atoms with van der Waals surface area (Å²) in [5, 5.41) is 17.4. The van der Waals surface area contributed by atoms with Gasteiger partial charge >= 0.3 is 5.97 Å². The highest BCUT2D eigenvalue weighted by Crippen LogP contribution is 2.11. The van der Waals surface area contributed by atoms with E-state index in [1.165, 1.54) is 0 Å². The lowest BCUT2D eigenvalue weighted by atomic mass is 9.96. The molecule has 0 saturated heterocycles. The van der Waals surface area contributed by atoms with Crippen LogP contribution in [-0.4, -0.2) is 66.0 Å². The minimum absolute atomic E-state index is 0.0864. The van der Waals surface area contributed by atoms with E-state index in [0.29, 0.717) is 12.8 Å². The summed E-state index contributed by atoms with van der Waals surface area (Å²) in [6.45, 7) is 3.55. The number of rotatable bonds is 15. The minimum Gasteiger partial charge on any atom is -0.480 e. The average Bonchev–Trinajstić information content (AvgIpc) is 2.83. The zero-order chi connectivity index (χ0) is 26.4. The molecule has 12 nitrogen and oxygen atoms in total. The SMILES string of the molecule is CCC(C)C(NC(=O)C(CCCN=C(N)N)NC(=O)CN)C(=O)NC(Cc1ccccc1)C(=O)O. The number of amides is 3. The first-order chi connectivity index (χ1) is 16.6. The molecule has 4 unspecified atom stereocenters. The van der Waals surface area contributed by atoms with E-state index in [-0.39, 0.29) is 37.8 Å². The number of carbonyl (C=O) groups is 4. The Labute approximate surface area is 205 Å². The number of carbonyl (C=O) groups excluding carboxylic acids is 3. The number of hydrogen-bond acceptors (Lipinski definition) is 6. The summed E-state index contributed by atoms with van der Waals surface area (Å²) in [7, 11) is 0. The summed E-state index contributed by atoms with van der Waals surface area (Å²) in [6, 6.07) is 5.73. The number of nitrogens with one attached hydrogen (secondary N) is 3. The van der Waals surface area contributed by atoms with Crippen molar-refractivity contribution in [2.24, 2.45) is 28.1 Å². The van der Waals surface area contributed by atoms with E-state index in [9.17, 15) is 24.3 Å². The molecule has 0 radical (unpaired) electrons. The van der Waals surface area contributed by atoms with Crippen LogP contribution < -0.4 is 33.2 Å². The van der Waals surface area contributed by atoms with Gasteiger partial charge in [-0.15, -0.1) is 0 Å². The number of nitrogens with two attached hydrogens (primary N) is 3. The van der Waals surface area contributed by atoms with Crippen LogP contribution >= 0.6 is 0 Å². The summed E-state index contributed by atoms with van der Waals surface area (Å²) >= 11 is 0. The van der Waals surface area contributed by atoms with Crippen LogP contribution in [0, 0.1) is 5.92 Å². The maximum Gasteiger partial charge on any atom is 0.326 e. The topological polar surface area (TPSA) is 215 Å². The number of hydrogen-bond donors (Lipinski definition) is 7. The first-order valence-electron chi connectivity index (χ1n) is 11.5. The predicted octanol–water partition coefficient (Wildman–Crippen LogP) is -1.17. The predicted molar refractivity (Wildman–Crippen MR) is 132 cm³/mol. The maximum atomic E-state index is 13.1. The van der Waals surface area contributed by atoms with Gasteiger partial charge in [-0.1, -0.05) is 50.6 Å². The largest absolute Gasteiger partial charge is 0.480 e. The molecule has 0 spiro atoms. The van der Waals surface area contributed by atoms with Gasteiger partial charge in [0.25, 0.3) is 0 Å². The van der Waals surface area contributed by atoms with E-state index in [1.54, 1.807) is 31.2 Å². The van der Waals surface area contributed by atoms with Crippen LogP contribution in [0.2, 0.25) is 0 Å². The third kappa shape index (κ3) is 10.9. The molecule has 1 rings (SSSR count). The Morgan fingerprint density at radius 1 is 1.00 bits per heavy atom. The van der Waals surface area contributed by atoms with Crippen molar-refractivity contribution in [1.29, 1.82) is 0 Å². The van der Waals surface area contributed by atoms with Gasteiger partial charge in [0.1, 0.15) is 18.1 Å². The maximum absolute atomic E-state index is 13.1. The highest BCUT2D eigenvalue weighted by Gasteiger charge is 2.32. The molecule has 194 valence electrons. The van der Waals surface area contributed by atoms with Crippen molar-refractivity contribution in [1.82, 2.24) is 16.0 Å². The molecule has 1 aromatic carbocycles. The van der Waals surface area contributed by atoms with Crippen molar-refractivity contribution in [2.45, 2.75) is 57.7 Å². The fourth-order valence-corrected chi connectivity index (χ4v) is 3.29. The van der Waals surface area contributed by atoms with E-state index in [1.807, 2.05) is 13.0 Å². The molecule has 0 bridgehead atoms. The molecule has 35 heavy (non-hydrogen) atoms. The molecule has 3 amide bonds. The average molecular weight is 492 g/mol. The second-order valence-electron chi connectivity index (χ2n) is 8.23. The van der Waals surface area contributed by atoms with E-state index in [4.69, 9.17) is 17.2 Å². The highest BCUT2D eigenvalue weighted by atomic mass is 16.4. The third-order valence-electron chi connectivity index (χ3n) is 5.47. The Bertz CT molecular complexity index is 874. The van der Waals surface area contributed by atoms with Crippen LogP contribution in [0.3, 0.4) is 0 Å².